The molecule has 15 heteroatoms. The third kappa shape index (κ3) is 10.0. The Morgan fingerprint density at radius 1 is 1.15 bits per heavy atom. The summed E-state index contributed by atoms with van der Waals surface area (Å²) in [4.78, 5) is 15.9. The number of nitrogens with one attached hydrogen (secondary N) is 2. The van der Waals surface area contributed by atoms with Gasteiger partial charge in [-0.3, -0.25) is 0 Å². The largest absolute Gasteiger partial charge is 0.491 e. The fourth-order valence-electron chi connectivity index (χ4n) is 3.81. The molecule has 0 unspecified atom stereocenters. The standard InChI is InChI=1S/C24H29ClF3N3O7S/c1-35-9-10-36-19-8-7-17(21(12-19)37-22-20(25)11-18(15-29-22)24(26,27)28)14-30-23(32)38-39(33,34)31-13-16-5-3-2-4-6-16/h7-8,11-12,15-16,31H,2-6,9-10,13-14H2,1H3,(H,30,32). The fraction of sp³-hybridized carbons (Fsp3) is 0.500. The molecule has 1 aliphatic carbocycles. The molecular weight excluding hydrogens is 567 g/mol. The summed E-state index contributed by atoms with van der Waals surface area (Å²) >= 11 is 5.97. The van der Waals surface area contributed by atoms with Crippen LogP contribution in [-0.2, 0) is 31.9 Å². The Hall–Kier alpha value is -2.81. The lowest BCUT2D eigenvalue weighted by atomic mass is 9.90. The van der Waals surface area contributed by atoms with E-state index in [0.717, 1.165) is 32.1 Å². The smallest absolute Gasteiger partial charge is 0.423 e. The van der Waals surface area contributed by atoms with Gasteiger partial charge in [-0.15, -0.1) is 0 Å². The number of pyridine rings is 1. The highest BCUT2D eigenvalue weighted by Crippen LogP contribution is 2.36. The summed E-state index contributed by atoms with van der Waals surface area (Å²) in [7, 11) is -2.83. The molecule has 1 heterocycles. The van der Waals surface area contributed by atoms with Gasteiger partial charge in [0, 0.05) is 38.0 Å². The van der Waals surface area contributed by atoms with Gasteiger partial charge in [-0.05, 0) is 37.0 Å². The summed E-state index contributed by atoms with van der Waals surface area (Å²) in [6, 6.07) is 5.14. The second kappa shape index (κ2) is 14.0. The van der Waals surface area contributed by atoms with E-state index in [9.17, 15) is 26.4 Å². The Labute approximate surface area is 229 Å². The van der Waals surface area contributed by atoms with Gasteiger partial charge in [-0.1, -0.05) is 30.9 Å². The summed E-state index contributed by atoms with van der Waals surface area (Å²) in [5, 5.41) is 1.91. The number of benzene rings is 1. The molecule has 0 bridgehead atoms. The topological polar surface area (TPSA) is 125 Å². The van der Waals surface area contributed by atoms with Gasteiger partial charge in [0.25, 0.3) is 0 Å². The minimum atomic E-state index is -4.65. The maximum absolute atomic E-state index is 13.0. The maximum Gasteiger partial charge on any atom is 0.423 e. The Kier molecular flexibility index (Phi) is 11.0. The number of carbonyl (C=O) groups is 1. The first-order valence-corrected chi connectivity index (χ1v) is 13.9. The molecule has 1 aromatic heterocycles. The molecule has 0 saturated heterocycles. The van der Waals surface area contributed by atoms with E-state index in [-0.39, 0.29) is 37.2 Å². The highest BCUT2D eigenvalue weighted by molar-refractivity contribution is 7.85. The molecule has 1 saturated carbocycles. The zero-order valence-electron chi connectivity index (χ0n) is 21.1. The number of aromatic nitrogens is 1. The van der Waals surface area contributed by atoms with Crippen molar-refractivity contribution in [3.05, 3.63) is 46.6 Å². The molecule has 1 aliphatic rings. The average Bonchev–Trinajstić information content (AvgIpc) is 2.88. The van der Waals surface area contributed by atoms with E-state index in [4.69, 9.17) is 25.8 Å². The molecule has 2 aromatic rings. The Morgan fingerprint density at radius 2 is 1.90 bits per heavy atom. The van der Waals surface area contributed by atoms with Crippen molar-refractivity contribution in [1.29, 1.82) is 0 Å². The number of hydrogen-bond donors (Lipinski definition) is 2. The van der Waals surface area contributed by atoms with Crippen molar-refractivity contribution < 1.29 is 44.8 Å². The molecule has 39 heavy (non-hydrogen) atoms. The average molecular weight is 596 g/mol. The van der Waals surface area contributed by atoms with E-state index in [1.165, 1.54) is 19.2 Å². The molecule has 0 aliphatic heterocycles. The number of methoxy groups -OCH3 is 1. The van der Waals surface area contributed by atoms with Crippen molar-refractivity contribution >= 4 is 28.0 Å². The van der Waals surface area contributed by atoms with Crippen LogP contribution in [0.1, 0.15) is 43.2 Å². The van der Waals surface area contributed by atoms with Crippen LogP contribution in [0.4, 0.5) is 18.0 Å². The highest BCUT2D eigenvalue weighted by Gasteiger charge is 2.32. The van der Waals surface area contributed by atoms with Crippen LogP contribution in [0.5, 0.6) is 17.4 Å². The Balaban J connectivity index is 1.68. The van der Waals surface area contributed by atoms with Gasteiger partial charge in [0.2, 0.25) is 5.88 Å². The number of carbonyl (C=O) groups excluding carboxylic acids is 1. The van der Waals surface area contributed by atoms with Gasteiger partial charge in [0.1, 0.15) is 23.1 Å². The van der Waals surface area contributed by atoms with E-state index >= 15 is 0 Å². The summed E-state index contributed by atoms with van der Waals surface area (Å²) < 4.78 is 86.2. The minimum absolute atomic E-state index is 0.0395. The molecule has 216 valence electrons. The number of amides is 1. The van der Waals surface area contributed by atoms with Crippen molar-refractivity contribution in [3.8, 4) is 17.4 Å². The number of nitrogens with zero attached hydrogens (tertiary/aromatic N) is 1. The second-order valence-corrected chi connectivity index (χ2v) is 10.5. The maximum atomic E-state index is 13.0. The van der Waals surface area contributed by atoms with Crippen LogP contribution in [0.2, 0.25) is 5.02 Å². The van der Waals surface area contributed by atoms with Gasteiger partial charge in [-0.2, -0.15) is 26.3 Å². The van der Waals surface area contributed by atoms with E-state index in [0.29, 0.717) is 30.2 Å². The lowest BCUT2D eigenvalue weighted by molar-refractivity contribution is -0.137. The molecule has 1 fully saturated rings. The summed E-state index contributed by atoms with van der Waals surface area (Å²) in [6.45, 7) is 0.410. The van der Waals surface area contributed by atoms with E-state index in [1.807, 2.05) is 0 Å². The highest BCUT2D eigenvalue weighted by atomic mass is 35.5. The number of hydrogen-bond acceptors (Lipinski definition) is 8. The van der Waals surface area contributed by atoms with Gasteiger partial charge in [0.15, 0.2) is 0 Å². The van der Waals surface area contributed by atoms with Crippen molar-refractivity contribution in [3.63, 3.8) is 0 Å². The second-order valence-electron chi connectivity index (χ2n) is 8.75. The zero-order chi connectivity index (χ0) is 28.5. The van der Waals surface area contributed by atoms with Gasteiger partial charge >= 0.3 is 22.6 Å². The van der Waals surface area contributed by atoms with Gasteiger partial charge in [0.05, 0.1) is 12.2 Å². The number of halogens is 4. The van der Waals surface area contributed by atoms with Crippen molar-refractivity contribution in [1.82, 2.24) is 15.0 Å². The molecular formula is C24H29ClF3N3O7S. The first-order chi connectivity index (χ1) is 18.5. The SMILES string of the molecule is COCCOc1ccc(CNC(=O)OS(=O)(=O)NCC2CCCCC2)c(Oc2ncc(C(F)(F)F)cc2Cl)c1. The van der Waals surface area contributed by atoms with Crippen LogP contribution < -0.4 is 19.5 Å². The van der Waals surface area contributed by atoms with E-state index in [1.54, 1.807) is 6.07 Å². The third-order valence-corrected chi connectivity index (χ3v) is 6.98. The van der Waals surface area contributed by atoms with E-state index < -0.39 is 33.2 Å². The molecule has 10 nitrogen and oxygen atoms in total. The van der Waals surface area contributed by atoms with Crippen LogP contribution in [0.25, 0.3) is 0 Å². The van der Waals surface area contributed by atoms with Gasteiger partial charge in [-0.25, -0.2) is 9.78 Å². The van der Waals surface area contributed by atoms with Crippen LogP contribution in [0, 0.1) is 5.92 Å². The number of alkyl halides is 3. The fourth-order valence-corrected chi connectivity index (χ4v) is 4.77. The van der Waals surface area contributed by atoms with Crippen molar-refractivity contribution in [2.24, 2.45) is 5.92 Å². The predicted octanol–water partition coefficient (Wildman–Crippen LogP) is 5.21. The molecule has 0 spiro atoms. The van der Waals surface area contributed by atoms with Crippen LogP contribution >= 0.6 is 11.6 Å². The lowest BCUT2D eigenvalue weighted by Crippen LogP contribution is -2.36. The zero-order valence-corrected chi connectivity index (χ0v) is 22.6. The molecule has 2 N–H and O–H groups in total. The van der Waals surface area contributed by atoms with E-state index in [2.05, 4.69) is 19.2 Å². The molecule has 3 rings (SSSR count). The van der Waals surface area contributed by atoms with Crippen LogP contribution in [0.3, 0.4) is 0 Å². The van der Waals surface area contributed by atoms with Crippen molar-refractivity contribution in [2.75, 3.05) is 26.9 Å². The molecule has 0 atom stereocenters. The Bertz CT molecular complexity index is 1230. The molecule has 1 aromatic carbocycles. The molecule has 0 radical (unpaired) electrons. The number of ether oxygens (including phenoxy) is 3. The third-order valence-electron chi connectivity index (χ3n) is 5.82. The first-order valence-electron chi connectivity index (χ1n) is 12.1. The van der Waals surface area contributed by atoms with Crippen molar-refractivity contribution in [2.45, 2.75) is 44.8 Å². The first kappa shape index (κ1) is 30.7. The normalized spacial score (nSPS) is 14.6. The predicted molar refractivity (Wildman–Crippen MR) is 135 cm³/mol. The summed E-state index contributed by atoms with van der Waals surface area (Å²) in [5.41, 5.74) is -0.754. The Morgan fingerprint density at radius 3 is 2.56 bits per heavy atom. The molecule has 1 amide bonds. The lowest BCUT2D eigenvalue weighted by Gasteiger charge is -2.21. The minimum Gasteiger partial charge on any atom is -0.491 e. The monoisotopic (exact) mass is 595 g/mol. The summed E-state index contributed by atoms with van der Waals surface area (Å²) in [5.74, 6) is 0.232. The van der Waals surface area contributed by atoms with Crippen LogP contribution in [-0.4, -0.2) is 46.4 Å². The quantitative estimate of drug-likeness (QED) is 0.320. The van der Waals surface area contributed by atoms with Gasteiger partial charge < -0.3 is 23.7 Å². The number of rotatable bonds is 12. The summed E-state index contributed by atoms with van der Waals surface area (Å²) in [6.07, 6.45) is -0.325. The van der Waals surface area contributed by atoms with Crippen LogP contribution in [0.15, 0.2) is 30.5 Å².